The summed E-state index contributed by atoms with van der Waals surface area (Å²) < 4.78 is 12.2. The van der Waals surface area contributed by atoms with Gasteiger partial charge in [0.05, 0.1) is 12.2 Å². The Kier molecular flexibility index (Phi) is 12.9. The van der Waals surface area contributed by atoms with Gasteiger partial charge in [0.1, 0.15) is 0 Å². The monoisotopic (exact) mass is 354 g/mol. The SMILES string of the molecule is CCCCCCCCCCCCCC[C@@H]1OC(C)(C)O[C@@H]1CCCC. The van der Waals surface area contributed by atoms with Crippen LogP contribution in [0.4, 0.5) is 0 Å². The molecule has 1 heterocycles. The quantitative estimate of drug-likeness (QED) is 0.263. The maximum absolute atomic E-state index is 6.14. The Morgan fingerprint density at radius 2 is 0.880 bits per heavy atom. The molecule has 1 aliphatic rings. The van der Waals surface area contributed by atoms with Crippen LogP contribution < -0.4 is 0 Å². The fourth-order valence-corrected chi connectivity index (χ4v) is 3.99. The third kappa shape index (κ3) is 11.3. The zero-order chi connectivity index (χ0) is 18.4. The minimum atomic E-state index is -0.375. The fourth-order valence-electron chi connectivity index (χ4n) is 3.99. The lowest BCUT2D eigenvalue weighted by molar-refractivity contribution is -0.147. The van der Waals surface area contributed by atoms with E-state index in [2.05, 4.69) is 27.7 Å². The van der Waals surface area contributed by atoms with Crippen molar-refractivity contribution in [3.63, 3.8) is 0 Å². The van der Waals surface area contributed by atoms with Gasteiger partial charge in [-0.05, 0) is 26.7 Å². The number of ether oxygens (including phenoxy) is 2. The minimum absolute atomic E-state index is 0.322. The van der Waals surface area contributed by atoms with Gasteiger partial charge >= 0.3 is 0 Å². The summed E-state index contributed by atoms with van der Waals surface area (Å²) in [5.74, 6) is -0.375. The summed E-state index contributed by atoms with van der Waals surface area (Å²) in [4.78, 5) is 0. The second kappa shape index (κ2) is 14.0. The molecular formula is C23H46O2. The number of hydrogen-bond acceptors (Lipinski definition) is 2. The van der Waals surface area contributed by atoms with Crippen LogP contribution in [0.1, 0.15) is 130 Å². The van der Waals surface area contributed by atoms with Gasteiger partial charge in [0, 0.05) is 0 Å². The molecule has 0 aromatic rings. The van der Waals surface area contributed by atoms with Crippen molar-refractivity contribution in [3.05, 3.63) is 0 Å². The lowest BCUT2D eigenvalue weighted by Gasteiger charge is -2.16. The molecule has 0 saturated carbocycles. The number of rotatable bonds is 16. The van der Waals surface area contributed by atoms with Crippen molar-refractivity contribution in [2.45, 2.75) is 148 Å². The lowest BCUT2D eigenvalue weighted by Crippen LogP contribution is -2.22. The minimum Gasteiger partial charge on any atom is -0.345 e. The predicted molar refractivity (Wildman–Crippen MR) is 109 cm³/mol. The van der Waals surface area contributed by atoms with Crippen molar-refractivity contribution in [2.24, 2.45) is 0 Å². The van der Waals surface area contributed by atoms with Crippen LogP contribution in [-0.4, -0.2) is 18.0 Å². The highest BCUT2D eigenvalue weighted by Gasteiger charge is 2.40. The molecule has 0 aromatic heterocycles. The largest absolute Gasteiger partial charge is 0.345 e. The van der Waals surface area contributed by atoms with Crippen molar-refractivity contribution >= 4 is 0 Å². The van der Waals surface area contributed by atoms with E-state index in [1.165, 1.54) is 96.3 Å². The van der Waals surface area contributed by atoms with E-state index in [0.717, 1.165) is 6.42 Å². The molecule has 2 nitrogen and oxygen atoms in total. The van der Waals surface area contributed by atoms with Gasteiger partial charge in [-0.3, -0.25) is 0 Å². The van der Waals surface area contributed by atoms with E-state index >= 15 is 0 Å². The zero-order valence-electron chi connectivity index (χ0n) is 17.8. The Bertz CT molecular complexity index is 300. The lowest BCUT2D eigenvalue weighted by atomic mass is 10.0. The molecule has 0 radical (unpaired) electrons. The highest BCUT2D eigenvalue weighted by molar-refractivity contribution is 4.81. The average Bonchev–Trinajstić information content (AvgIpc) is 2.87. The molecular weight excluding hydrogens is 308 g/mol. The van der Waals surface area contributed by atoms with Crippen LogP contribution in [0, 0.1) is 0 Å². The third-order valence-corrected chi connectivity index (χ3v) is 5.47. The second-order valence-electron chi connectivity index (χ2n) is 8.53. The molecule has 0 N–H and O–H groups in total. The summed E-state index contributed by atoms with van der Waals surface area (Å²) >= 11 is 0. The molecule has 2 atom stereocenters. The molecule has 1 fully saturated rings. The first-order valence-electron chi connectivity index (χ1n) is 11.4. The van der Waals surface area contributed by atoms with Gasteiger partial charge in [-0.1, -0.05) is 104 Å². The molecule has 1 saturated heterocycles. The van der Waals surface area contributed by atoms with Crippen LogP contribution in [0.5, 0.6) is 0 Å². The average molecular weight is 355 g/mol. The third-order valence-electron chi connectivity index (χ3n) is 5.47. The van der Waals surface area contributed by atoms with E-state index < -0.39 is 0 Å². The van der Waals surface area contributed by atoms with Crippen LogP contribution in [0.15, 0.2) is 0 Å². The fraction of sp³-hybridized carbons (Fsp3) is 1.00. The van der Waals surface area contributed by atoms with E-state index in [1.54, 1.807) is 0 Å². The second-order valence-corrected chi connectivity index (χ2v) is 8.53. The molecule has 0 unspecified atom stereocenters. The van der Waals surface area contributed by atoms with Gasteiger partial charge in [0.25, 0.3) is 0 Å². The highest BCUT2D eigenvalue weighted by Crippen LogP contribution is 2.33. The van der Waals surface area contributed by atoms with Gasteiger partial charge < -0.3 is 9.47 Å². The maximum Gasteiger partial charge on any atom is 0.163 e. The Hall–Kier alpha value is -0.0800. The van der Waals surface area contributed by atoms with Crippen LogP contribution in [0.3, 0.4) is 0 Å². The molecule has 0 aromatic carbocycles. The Balaban J connectivity index is 1.96. The summed E-state index contributed by atoms with van der Waals surface area (Å²) in [7, 11) is 0. The molecule has 0 amide bonds. The summed E-state index contributed by atoms with van der Waals surface area (Å²) in [6, 6.07) is 0. The maximum atomic E-state index is 6.14. The summed E-state index contributed by atoms with van der Waals surface area (Å²) in [5, 5.41) is 0. The summed E-state index contributed by atoms with van der Waals surface area (Å²) in [6.07, 6.45) is 22.4. The molecule has 0 aliphatic carbocycles. The molecule has 25 heavy (non-hydrogen) atoms. The van der Waals surface area contributed by atoms with Crippen molar-refractivity contribution < 1.29 is 9.47 Å². The van der Waals surface area contributed by atoms with E-state index in [-0.39, 0.29) is 5.79 Å². The van der Waals surface area contributed by atoms with Crippen LogP contribution in [0.2, 0.25) is 0 Å². The topological polar surface area (TPSA) is 18.5 Å². The van der Waals surface area contributed by atoms with Gasteiger partial charge in [0.2, 0.25) is 0 Å². The van der Waals surface area contributed by atoms with Crippen molar-refractivity contribution in [1.29, 1.82) is 0 Å². The zero-order valence-corrected chi connectivity index (χ0v) is 17.8. The molecule has 2 heteroatoms. The molecule has 1 rings (SSSR count). The first-order valence-corrected chi connectivity index (χ1v) is 11.4. The van der Waals surface area contributed by atoms with Gasteiger partial charge in [-0.2, -0.15) is 0 Å². The highest BCUT2D eigenvalue weighted by atomic mass is 16.7. The summed E-state index contributed by atoms with van der Waals surface area (Å²) in [5.41, 5.74) is 0. The first-order chi connectivity index (χ1) is 12.1. The van der Waals surface area contributed by atoms with E-state index in [1.807, 2.05) is 0 Å². The Morgan fingerprint density at radius 1 is 0.520 bits per heavy atom. The van der Waals surface area contributed by atoms with Gasteiger partial charge in [-0.15, -0.1) is 0 Å². The molecule has 0 bridgehead atoms. The smallest absolute Gasteiger partial charge is 0.163 e. The van der Waals surface area contributed by atoms with Gasteiger partial charge in [-0.25, -0.2) is 0 Å². The Morgan fingerprint density at radius 3 is 1.32 bits per heavy atom. The number of hydrogen-bond donors (Lipinski definition) is 0. The molecule has 0 spiro atoms. The molecule has 1 aliphatic heterocycles. The standard InChI is InChI=1S/C23H46O2/c1-5-7-9-10-11-12-13-14-15-16-17-18-20-22-21(19-8-6-2)24-23(3,4)25-22/h21-22H,5-20H2,1-4H3/t21-,22+/m1/s1. The Labute approximate surface area is 158 Å². The first kappa shape index (κ1) is 23.0. The van der Waals surface area contributed by atoms with Crippen LogP contribution >= 0.6 is 0 Å². The van der Waals surface area contributed by atoms with Crippen molar-refractivity contribution in [1.82, 2.24) is 0 Å². The normalized spacial score (nSPS) is 22.6. The van der Waals surface area contributed by atoms with E-state index in [4.69, 9.17) is 9.47 Å². The molecule has 150 valence electrons. The van der Waals surface area contributed by atoms with E-state index in [9.17, 15) is 0 Å². The predicted octanol–water partition coefficient (Wildman–Crippen LogP) is 7.79. The van der Waals surface area contributed by atoms with Gasteiger partial charge in [0.15, 0.2) is 5.79 Å². The number of unbranched alkanes of at least 4 members (excludes halogenated alkanes) is 12. The van der Waals surface area contributed by atoms with E-state index in [0.29, 0.717) is 12.2 Å². The van der Waals surface area contributed by atoms with Crippen molar-refractivity contribution in [2.75, 3.05) is 0 Å². The van der Waals surface area contributed by atoms with Crippen molar-refractivity contribution in [3.8, 4) is 0 Å². The summed E-state index contributed by atoms with van der Waals surface area (Å²) in [6.45, 7) is 8.67. The van der Waals surface area contributed by atoms with Crippen LogP contribution in [-0.2, 0) is 9.47 Å². The van der Waals surface area contributed by atoms with Crippen LogP contribution in [0.25, 0.3) is 0 Å².